The zero-order valence-corrected chi connectivity index (χ0v) is 11.9. The summed E-state index contributed by atoms with van der Waals surface area (Å²) in [6.07, 6.45) is 6.78. The van der Waals surface area contributed by atoms with Crippen LogP contribution in [0.5, 0.6) is 5.75 Å². The van der Waals surface area contributed by atoms with Crippen LogP contribution in [0.3, 0.4) is 0 Å². The lowest BCUT2D eigenvalue weighted by molar-refractivity contribution is -0.124. The van der Waals surface area contributed by atoms with Crippen LogP contribution in [0.1, 0.15) is 37.7 Å². The molecule has 3 N–H and O–H groups in total. The minimum Gasteiger partial charge on any atom is -0.484 e. The first-order chi connectivity index (χ1) is 9.78. The third-order valence-electron chi connectivity index (χ3n) is 3.70. The van der Waals surface area contributed by atoms with Crippen LogP contribution in [0.25, 0.3) is 0 Å². The Morgan fingerprint density at radius 1 is 1.20 bits per heavy atom. The van der Waals surface area contributed by atoms with Crippen LogP contribution in [-0.4, -0.2) is 25.1 Å². The molecule has 0 bridgehead atoms. The zero-order valence-electron chi connectivity index (χ0n) is 11.9. The normalized spacial score (nSPS) is 15.8. The Bertz CT molecular complexity index is 411. The number of carbonyl (C=O) groups excluding carboxylic acids is 1. The average Bonchev–Trinajstić information content (AvgIpc) is 2.48. The third kappa shape index (κ3) is 4.85. The van der Waals surface area contributed by atoms with Gasteiger partial charge < -0.3 is 15.8 Å². The van der Waals surface area contributed by atoms with E-state index in [1.165, 1.54) is 24.8 Å². The lowest BCUT2D eigenvalue weighted by atomic mass is 9.95. The van der Waals surface area contributed by atoms with E-state index in [4.69, 9.17) is 10.5 Å². The van der Waals surface area contributed by atoms with Crippen LogP contribution in [0.2, 0.25) is 0 Å². The molecule has 0 radical (unpaired) electrons. The maximum atomic E-state index is 11.8. The van der Waals surface area contributed by atoms with Gasteiger partial charge in [0.2, 0.25) is 0 Å². The number of benzene rings is 1. The van der Waals surface area contributed by atoms with E-state index >= 15 is 0 Å². The molecule has 1 amide bonds. The molecule has 2 rings (SSSR count). The second kappa shape index (κ2) is 7.90. The SMILES string of the molecule is NCCc1ccc(OCC(=O)NC2CCCCC2)cc1. The summed E-state index contributed by atoms with van der Waals surface area (Å²) < 4.78 is 5.50. The van der Waals surface area contributed by atoms with Crippen LogP contribution in [0, 0.1) is 0 Å². The summed E-state index contributed by atoms with van der Waals surface area (Å²) in [7, 11) is 0. The number of rotatable bonds is 6. The largest absolute Gasteiger partial charge is 0.484 e. The van der Waals surface area contributed by atoms with Gasteiger partial charge in [0.25, 0.3) is 5.91 Å². The van der Waals surface area contributed by atoms with Gasteiger partial charge in [-0.05, 0) is 43.5 Å². The predicted octanol–water partition coefficient (Wildman–Crippen LogP) is 2.02. The van der Waals surface area contributed by atoms with Crippen molar-refractivity contribution in [1.29, 1.82) is 0 Å². The highest BCUT2D eigenvalue weighted by atomic mass is 16.5. The highest BCUT2D eigenvalue weighted by molar-refractivity contribution is 5.77. The van der Waals surface area contributed by atoms with Crippen LogP contribution < -0.4 is 15.8 Å². The van der Waals surface area contributed by atoms with Crippen molar-refractivity contribution in [3.63, 3.8) is 0 Å². The van der Waals surface area contributed by atoms with E-state index in [2.05, 4.69) is 5.32 Å². The van der Waals surface area contributed by atoms with E-state index < -0.39 is 0 Å². The Labute approximate surface area is 120 Å². The molecule has 4 nitrogen and oxygen atoms in total. The zero-order chi connectivity index (χ0) is 14.2. The van der Waals surface area contributed by atoms with Crippen LogP contribution in [0.4, 0.5) is 0 Å². The summed E-state index contributed by atoms with van der Waals surface area (Å²) in [6.45, 7) is 0.733. The van der Waals surface area contributed by atoms with Gasteiger partial charge in [0.05, 0.1) is 0 Å². The fourth-order valence-corrected chi connectivity index (χ4v) is 2.58. The van der Waals surface area contributed by atoms with E-state index in [-0.39, 0.29) is 12.5 Å². The molecule has 1 saturated carbocycles. The molecule has 20 heavy (non-hydrogen) atoms. The van der Waals surface area contributed by atoms with Crippen molar-refractivity contribution >= 4 is 5.91 Å². The van der Waals surface area contributed by atoms with Gasteiger partial charge in [0.15, 0.2) is 6.61 Å². The summed E-state index contributed by atoms with van der Waals surface area (Å²) in [5.74, 6) is 0.701. The van der Waals surface area contributed by atoms with E-state index in [0.717, 1.165) is 25.0 Å². The van der Waals surface area contributed by atoms with Gasteiger partial charge in [0.1, 0.15) is 5.75 Å². The van der Waals surface area contributed by atoms with E-state index in [1.807, 2.05) is 24.3 Å². The lowest BCUT2D eigenvalue weighted by Crippen LogP contribution is -2.38. The van der Waals surface area contributed by atoms with Gasteiger partial charge in [-0.15, -0.1) is 0 Å². The van der Waals surface area contributed by atoms with Crippen molar-refractivity contribution in [2.24, 2.45) is 5.73 Å². The summed E-state index contributed by atoms with van der Waals surface area (Å²) >= 11 is 0. The molecule has 1 aromatic carbocycles. The molecule has 1 aromatic rings. The Hall–Kier alpha value is -1.55. The fraction of sp³-hybridized carbons (Fsp3) is 0.562. The minimum atomic E-state index is -0.0251. The van der Waals surface area contributed by atoms with Crippen molar-refractivity contribution in [1.82, 2.24) is 5.32 Å². The number of hydrogen-bond acceptors (Lipinski definition) is 3. The molecule has 0 saturated heterocycles. The maximum absolute atomic E-state index is 11.8. The molecule has 4 heteroatoms. The van der Waals surface area contributed by atoms with Gasteiger partial charge in [-0.3, -0.25) is 4.79 Å². The summed E-state index contributed by atoms with van der Waals surface area (Å²) in [5, 5.41) is 3.04. The molecule has 0 atom stereocenters. The Kier molecular flexibility index (Phi) is 5.87. The second-order valence-corrected chi connectivity index (χ2v) is 5.37. The molecule has 0 aromatic heterocycles. The summed E-state index contributed by atoms with van der Waals surface area (Å²) in [4.78, 5) is 11.8. The highest BCUT2D eigenvalue weighted by Crippen LogP contribution is 2.17. The predicted molar refractivity (Wildman–Crippen MR) is 79.7 cm³/mol. The van der Waals surface area contributed by atoms with Crippen molar-refractivity contribution in [2.45, 2.75) is 44.6 Å². The first-order valence-corrected chi connectivity index (χ1v) is 7.49. The third-order valence-corrected chi connectivity index (χ3v) is 3.70. The van der Waals surface area contributed by atoms with E-state index in [1.54, 1.807) is 0 Å². The topological polar surface area (TPSA) is 64.3 Å². The lowest BCUT2D eigenvalue weighted by Gasteiger charge is -2.22. The quantitative estimate of drug-likeness (QED) is 0.835. The average molecular weight is 276 g/mol. The Morgan fingerprint density at radius 3 is 2.55 bits per heavy atom. The number of carbonyl (C=O) groups is 1. The number of ether oxygens (including phenoxy) is 1. The Balaban J connectivity index is 1.72. The number of hydrogen-bond donors (Lipinski definition) is 2. The van der Waals surface area contributed by atoms with Crippen molar-refractivity contribution in [3.8, 4) is 5.75 Å². The molecule has 0 unspecified atom stereocenters. The first-order valence-electron chi connectivity index (χ1n) is 7.49. The highest BCUT2D eigenvalue weighted by Gasteiger charge is 2.15. The minimum absolute atomic E-state index is 0.0251. The molecule has 0 aliphatic heterocycles. The van der Waals surface area contributed by atoms with Crippen LogP contribution in [0.15, 0.2) is 24.3 Å². The molecule has 0 heterocycles. The molecule has 1 aliphatic rings. The molecule has 0 spiro atoms. The second-order valence-electron chi connectivity index (χ2n) is 5.37. The number of amides is 1. The maximum Gasteiger partial charge on any atom is 0.258 e. The van der Waals surface area contributed by atoms with Crippen molar-refractivity contribution in [2.75, 3.05) is 13.2 Å². The van der Waals surface area contributed by atoms with Crippen LogP contribution >= 0.6 is 0 Å². The van der Waals surface area contributed by atoms with Gasteiger partial charge in [-0.25, -0.2) is 0 Å². The Morgan fingerprint density at radius 2 is 1.90 bits per heavy atom. The fourth-order valence-electron chi connectivity index (χ4n) is 2.58. The molecule has 1 fully saturated rings. The van der Waals surface area contributed by atoms with Gasteiger partial charge in [-0.1, -0.05) is 31.4 Å². The summed E-state index contributed by atoms with van der Waals surface area (Å²) in [5.41, 5.74) is 6.69. The van der Waals surface area contributed by atoms with Crippen molar-refractivity contribution < 1.29 is 9.53 Å². The standard InChI is InChI=1S/C16H24N2O2/c17-11-10-13-6-8-15(9-7-13)20-12-16(19)18-14-4-2-1-3-5-14/h6-9,14H,1-5,10-12,17H2,(H,18,19). The monoisotopic (exact) mass is 276 g/mol. The smallest absolute Gasteiger partial charge is 0.258 e. The molecule has 1 aliphatic carbocycles. The van der Waals surface area contributed by atoms with Gasteiger partial charge in [0, 0.05) is 6.04 Å². The number of nitrogens with two attached hydrogens (primary N) is 1. The van der Waals surface area contributed by atoms with Crippen molar-refractivity contribution in [3.05, 3.63) is 29.8 Å². The van der Waals surface area contributed by atoms with Gasteiger partial charge >= 0.3 is 0 Å². The summed E-state index contributed by atoms with van der Waals surface area (Å²) in [6, 6.07) is 8.09. The van der Waals surface area contributed by atoms with Gasteiger partial charge in [-0.2, -0.15) is 0 Å². The molecular formula is C16H24N2O2. The van der Waals surface area contributed by atoms with E-state index in [0.29, 0.717) is 12.6 Å². The number of nitrogens with one attached hydrogen (secondary N) is 1. The van der Waals surface area contributed by atoms with Crippen LogP contribution in [-0.2, 0) is 11.2 Å². The molecule has 110 valence electrons. The first kappa shape index (κ1) is 14.9. The molecular weight excluding hydrogens is 252 g/mol. The van der Waals surface area contributed by atoms with E-state index in [9.17, 15) is 4.79 Å².